The van der Waals surface area contributed by atoms with Gasteiger partial charge in [-0.3, -0.25) is 0 Å². The van der Waals surface area contributed by atoms with Crippen molar-refractivity contribution in [2.45, 2.75) is 12.8 Å². The minimum Gasteiger partial charge on any atom is -0.454 e. The molecule has 1 aromatic rings. The van der Waals surface area contributed by atoms with Crippen molar-refractivity contribution in [3.05, 3.63) is 29.3 Å². The van der Waals surface area contributed by atoms with Crippen molar-refractivity contribution in [1.82, 2.24) is 0 Å². The fourth-order valence-electron chi connectivity index (χ4n) is 1.46. The van der Waals surface area contributed by atoms with Gasteiger partial charge in [0.2, 0.25) is 6.79 Å². The molecule has 0 radical (unpaired) electrons. The van der Waals surface area contributed by atoms with Crippen molar-refractivity contribution in [2.24, 2.45) is 0 Å². The first-order valence-corrected chi connectivity index (χ1v) is 4.51. The Labute approximate surface area is 76.8 Å². The molecular weight excluding hydrogens is 164 g/mol. The fraction of sp³-hybridized carbons (Fsp3) is 0.273. The molecular formula is C11H10O2. The van der Waals surface area contributed by atoms with Crippen molar-refractivity contribution in [1.29, 1.82) is 0 Å². The molecule has 1 saturated carbocycles. The largest absolute Gasteiger partial charge is 0.454 e. The molecule has 0 atom stereocenters. The molecule has 3 rings (SSSR count). The van der Waals surface area contributed by atoms with Crippen LogP contribution in [0.3, 0.4) is 0 Å². The van der Waals surface area contributed by atoms with Crippen LogP contribution in [0.5, 0.6) is 11.5 Å². The zero-order chi connectivity index (χ0) is 8.67. The zero-order valence-corrected chi connectivity index (χ0v) is 7.25. The second kappa shape index (κ2) is 2.52. The smallest absolute Gasteiger partial charge is 0.231 e. The first-order valence-electron chi connectivity index (χ1n) is 4.51. The van der Waals surface area contributed by atoms with Gasteiger partial charge in [0, 0.05) is 0 Å². The molecule has 0 N–H and O–H groups in total. The number of fused-ring (bicyclic) bond motifs is 1. The molecule has 13 heavy (non-hydrogen) atoms. The number of ether oxygens (including phenoxy) is 2. The summed E-state index contributed by atoms with van der Waals surface area (Å²) < 4.78 is 10.5. The molecule has 1 aliphatic carbocycles. The van der Waals surface area contributed by atoms with Gasteiger partial charge in [0.05, 0.1) is 0 Å². The van der Waals surface area contributed by atoms with Crippen molar-refractivity contribution in [3.8, 4) is 11.5 Å². The van der Waals surface area contributed by atoms with Crippen LogP contribution in [0.15, 0.2) is 23.8 Å². The highest BCUT2D eigenvalue weighted by Crippen LogP contribution is 2.35. The van der Waals surface area contributed by atoms with E-state index in [1.165, 1.54) is 24.0 Å². The molecule has 0 aromatic heterocycles. The molecule has 0 amide bonds. The van der Waals surface area contributed by atoms with Crippen molar-refractivity contribution in [3.63, 3.8) is 0 Å². The molecule has 0 spiro atoms. The third kappa shape index (κ3) is 1.28. The van der Waals surface area contributed by atoms with E-state index in [0.29, 0.717) is 6.79 Å². The third-order valence-electron chi connectivity index (χ3n) is 2.31. The van der Waals surface area contributed by atoms with E-state index in [4.69, 9.17) is 9.47 Å². The predicted molar refractivity (Wildman–Crippen MR) is 49.8 cm³/mol. The summed E-state index contributed by atoms with van der Waals surface area (Å²) in [4.78, 5) is 0. The number of allylic oxidation sites excluding steroid dienone is 1. The van der Waals surface area contributed by atoms with Gasteiger partial charge in [-0.2, -0.15) is 0 Å². The molecule has 1 heterocycles. The van der Waals surface area contributed by atoms with Gasteiger partial charge < -0.3 is 9.47 Å². The maximum atomic E-state index is 5.29. The van der Waals surface area contributed by atoms with Gasteiger partial charge in [-0.15, -0.1) is 0 Å². The highest BCUT2D eigenvalue weighted by atomic mass is 16.7. The van der Waals surface area contributed by atoms with Crippen LogP contribution in [0, 0.1) is 0 Å². The Morgan fingerprint density at radius 2 is 1.92 bits per heavy atom. The van der Waals surface area contributed by atoms with Crippen LogP contribution in [-0.4, -0.2) is 6.79 Å². The number of rotatable bonds is 1. The second-order valence-electron chi connectivity index (χ2n) is 3.42. The van der Waals surface area contributed by atoms with Crippen LogP contribution in [0.1, 0.15) is 18.4 Å². The minimum atomic E-state index is 0.357. The number of hydrogen-bond donors (Lipinski definition) is 0. The average molecular weight is 174 g/mol. The second-order valence-corrected chi connectivity index (χ2v) is 3.42. The third-order valence-corrected chi connectivity index (χ3v) is 2.31. The van der Waals surface area contributed by atoms with Crippen LogP contribution in [0.4, 0.5) is 0 Å². The molecule has 0 saturated heterocycles. The molecule has 2 heteroatoms. The van der Waals surface area contributed by atoms with Gasteiger partial charge in [-0.05, 0) is 30.5 Å². The summed E-state index contributed by atoms with van der Waals surface area (Å²) in [7, 11) is 0. The Kier molecular flexibility index (Phi) is 1.36. The molecule has 66 valence electrons. The Hall–Kier alpha value is -1.44. The van der Waals surface area contributed by atoms with E-state index in [0.717, 1.165) is 11.5 Å². The molecule has 2 aliphatic rings. The SMILES string of the molecule is C(=C1CC1)c1ccc2c(c1)OCO2. The zero-order valence-electron chi connectivity index (χ0n) is 7.25. The molecule has 1 aromatic carbocycles. The average Bonchev–Trinajstić information content (AvgIpc) is 2.83. The molecule has 1 aliphatic heterocycles. The van der Waals surface area contributed by atoms with Crippen molar-refractivity contribution >= 4 is 6.08 Å². The summed E-state index contributed by atoms with van der Waals surface area (Å²) in [6.45, 7) is 0.357. The minimum absolute atomic E-state index is 0.357. The van der Waals surface area contributed by atoms with E-state index in [-0.39, 0.29) is 0 Å². The monoisotopic (exact) mass is 174 g/mol. The van der Waals surface area contributed by atoms with E-state index in [1.807, 2.05) is 12.1 Å². The lowest BCUT2D eigenvalue weighted by Gasteiger charge is -1.96. The molecule has 0 unspecified atom stereocenters. The van der Waals surface area contributed by atoms with Gasteiger partial charge >= 0.3 is 0 Å². The normalized spacial score (nSPS) is 17.4. The summed E-state index contributed by atoms with van der Waals surface area (Å²) in [5, 5.41) is 0. The summed E-state index contributed by atoms with van der Waals surface area (Å²) in [5.41, 5.74) is 2.75. The molecule has 2 nitrogen and oxygen atoms in total. The van der Waals surface area contributed by atoms with E-state index in [2.05, 4.69) is 12.1 Å². The quantitative estimate of drug-likeness (QED) is 0.651. The lowest BCUT2D eigenvalue weighted by Crippen LogP contribution is -1.92. The van der Waals surface area contributed by atoms with E-state index >= 15 is 0 Å². The van der Waals surface area contributed by atoms with Crippen LogP contribution in [0.2, 0.25) is 0 Å². The lowest BCUT2D eigenvalue weighted by atomic mass is 10.2. The highest BCUT2D eigenvalue weighted by Gasteiger charge is 2.14. The fourth-order valence-corrected chi connectivity index (χ4v) is 1.46. The number of benzene rings is 1. The van der Waals surface area contributed by atoms with E-state index in [9.17, 15) is 0 Å². The number of hydrogen-bond acceptors (Lipinski definition) is 2. The standard InChI is InChI=1S/C11H10O2/c1-2-8(1)5-9-3-4-10-11(6-9)13-7-12-10/h3-6H,1-2,7H2. The van der Waals surface area contributed by atoms with Gasteiger partial charge in [0.15, 0.2) is 11.5 Å². The van der Waals surface area contributed by atoms with Gasteiger partial charge in [-0.25, -0.2) is 0 Å². The van der Waals surface area contributed by atoms with Gasteiger partial charge in [0.25, 0.3) is 0 Å². The predicted octanol–water partition coefficient (Wildman–Crippen LogP) is 2.59. The highest BCUT2D eigenvalue weighted by molar-refractivity contribution is 5.60. The van der Waals surface area contributed by atoms with E-state index < -0.39 is 0 Å². The lowest BCUT2D eigenvalue weighted by molar-refractivity contribution is 0.174. The first kappa shape index (κ1) is 7.01. The van der Waals surface area contributed by atoms with Crippen molar-refractivity contribution in [2.75, 3.05) is 6.79 Å². The maximum Gasteiger partial charge on any atom is 0.231 e. The summed E-state index contributed by atoms with van der Waals surface area (Å²) in [6.07, 6.45) is 4.74. The van der Waals surface area contributed by atoms with Crippen LogP contribution in [-0.2, 0) is 0 Å². The van der Waals surface area contributed by atoms with Gasteiger partial charge in [-0.1, -0.05) is 17.7 Å². The first-order chi connectivity index (χ1) is 6.42. The summed E-state index contributed by atoms with van der Waals surface area (Å²) in [6, 6.07) is 6.07. The van der Waals surface area contributed by atoms with Gasteiger partial charge in [0.1, 0.15) is 0 Å². The Balaban J connectivity index is 1.99. The molecule has 0 bridgehead atoms. The Morgan fingerprint density at radius 1 is 1.08 bits per heavy atom. The summed E-state index contributed by atoms with van der Waals surface area (Å²) >= 11 is 0. The topological polar surface area (TPSA) is 18.5 Å². The maximum absolute atomic E-state index is 5.29. The van der Waals surface area contributed by atoms with Crippen LogP contribution in [0.25, 0.3) is 6.08 Å². The van der Waals surface area contributed by atoms with Crippen LogP contribution >= 0.6 is 0 Å². The van der Waals surface area contributed by atoms with Crippen molar-refractivity contribution < 1.29 is 9.47 Å². The van der Waals surface area contributed by atoms with Crippen LogP contribution < -0.4 is 9.47 Å². The summed E-state index contributed by atoms with van der Waals surface area (Å²) in [5.74, 6) is 1.73. The van der Waals surface area contributed by atoms with E-state index in [1.54, 1.807) is 0 Å². The molecule has 1 fully saturated rings. The Bertz CT molecular complexity index is 374. The Morgan fingerprint density at radius 3 is 2.77 bits per heavy atom.